The third-order valence-corrected chi connectivity index (χ3v) is 5.90. The Morgan fingerprint density at radius 2 is 2.17 bits per heavy atom. The number of esters is 1. The van der Waals surface area contributed by atoms with Gasteiger partial charge in [0, 0.05) is 10.9 Å². The maximum Gasteiger partial charge on any atom is 0.340 e. The summed E-state index contributed by atoms with van der Waals surface area (Å²) in [6, 6.07) is 2.25. The molecular weight excluding hydrogens is 340 g/mol. The Bertz CT molecular complexity index is 610. The molecule has 24 heavy (non-hydrogen) atoms. The van der Waals surface area contributed by atoms with Crippen molar-refractivity contribution in [3.8, 4) is 0 Å². The summed E-state index contributed by atoms with van der Waals surface area (Å²) in [5.74, 6) is 0.358. The third-order valence-electron chi connectivity index (χ3n) is 4.49. The molecule has 6 heteroatoms. The number of carbonyl (C=O) groups is 1. The van der Waals surface area contributed by atoms with Crippen molar-refractivity contribution in [2.75, 3.05) is 12.4 Å². The molecule has 1 saturated carbocycles. The highest BCUT2D eigenvalue weighted by atomic mass is 32.1. The van der Waals surface area contributed by atoms with Gasteiger partial charge < -0.3 is 15.4 Å². The highest BCUT2D eigenvalue weighted by Gasteiger charge is 2.32. The van der Waals surface area contributed by atoms with E-state index in [4.69, 9.17) is 17.0 Å². The number of carbonyl (C=O) groups excluding carboxylic acids is 1. The average Bonchev–Trinajstić information content (AvgIpc) is 2.87. The van der Waals surface area contributed by atoms with Crippen LogP contribution in [-0.4, -0.2) is 24.2 Å². The van der Waals surface area contributed by atoms with Crippen molar-refractivity contribution in [2.45, 2.75) is 59.4 Å². The van der Waals surface area contributed by atoms with Crippen LogP contribution in [0.2, 0.25) is 0 Å². The van der Waals surface area contributed by atoms with Crippen LogP contribution in [0, 0.1) is 11.3 Å². The summed E-state index contributed by atoms with van der Waals surface area (Å²) in [6.07, 6.45) is 4.36. The third kappa shape index (κ3) is 4.93. The zero-order chi connectivity index (χ0) is 17.9. The van der Waals surface area contributed by atoms with Crippen molar-refractivity contribution in [3.05, 3.63) is 16.5 Å². The van der Waals surface area contributed by atoms with Gasteiger partial charge in [-0.15, -0.1) is 11.3 Å². The van der Waals surface area contributed by atoms with Gasteiger partial charge in [0.05, 0.1) is 12.7 Å². The monoisotopic (exact) mass is 368 g/mol. The molecule has 0 aliphatic heterocycles. The van der Waals surface area contributed by atoms with E-state index in [1.165, 1.54) is 13.5 Å². The first-order chi connectivity index (χ1) is 11.2. The highest BCUT2D eigenvalue weighted by molar-refractivity contribution is 7.80. The number of thiocarbonyl (C=S) groups is 1. The molecule has 1 aliphatic rings. The Morgan fingerprint density at radius 3 is 2.75 bits per heavy atom. The molecule has 2 N–H and O–H groups in total. The molecule has 1 fully saturated rings. The number of rotatable bonds is 4. The van der Waals surface area contributed by atoms with Gasteiger partial charge in [-0.3, -0.25) is 0 Å². The standard InChI is InChI=1S/C18H28N2O2S2/c1-6-13-8-14(16(21)22-5)15(24-13)20-17(23)19-12-7-11(2)9-18(3,4)10-12/h8,11-12H,6-7,9-10H2,1-5H3,(H2,19,20,23). The number of thiophene rings is 1. The fourth-order valence-corrected chi connectivity index (χ4v) is 5.07. The van der Waals surface area contributed by atoms with Crippen LogP contribution in [0.25, 0.3) is 0 Å². The molecule has 0 radical (unpaired) electrons. The van der Waals surface area contributed by atoms with Crippen molar-refractivity contribution < 1.29 is 9.53 Å². The van der Waals surface area contributed by atoms with Crippen LogP contribution in [0.15, 0.2) is 6.07 Å². The molecule has 2 atom stereocenters. The molecule has 0 saturated heterocycles. The lowest BCUT2D eigenvalue weighted by molar-refractivity contribution is 0.0602. The summed E-state index contributed by atoms with van der Waals surface area (Å²) in [7, 11) is 1.40. The molecule has 1 aromatic heterocycles. The molecule has 0 amide bonds. The maximum absolute atomic E-state index is 11.9. The summed E-state index contributed by atoms with van der Waals surface area (Å²) in [6.45, 7) is 9.00. The van der Waals surface area contributed by atoms with Crippen molar-refractivity contribution in [1.82, 2.24) is 5.32 Å². The number of hydrogen-bond donors (Lipinski definition) is 2. The average molecular weight is 369 g/mol. The second-order valence-corrected chi connectivity index (χ2v) is 9.05. The topological polar surface area (TPSA) is 50.4 Å². The molecule has 0 bridgehead atoms. The Morgan fingerprint density at radius 1 is 1.46 bits per heavy atom. The highest BCUT2D eigenvalue weighted by Crippen LogP contribution is 2.38. The van der Waals surface area contributed by atoms with Crippen molar-refractivity contribution in [1.29, 1.82) is 0 Å². The number of hydrogen-bond acceptors (Lipinski definition) is 4. The van der Waals surface area contributed by atoms with E-state index in [2.05, 4.69) is 38.3 Å². The summed E-state index contributed by atoms with van der Waals surface area (Å²) in [5.41, 5.74) is 0.890. The molecule has 4 nitrogen and oxygen atoms in total. The van der Waals surface area contributed by atoms with E-state index in [1.807, 2.05) is 6.07 Å². The first-order valence-corrected chi connectivity index (χ1v) is 9.75. The van der Waals surface area contributed by atoms with Crippen LogP contribution in [0.5, 0.6) is 0 Å². The minimum absolute atomic E-state index is 0.330. The fourth-order valence-electron chi connectivity index (χ4n) is 3.75. The van der Waals surface area contributed by atoms with Crippen LogP contribution >= 0.6 is 23.6 Å². The van der Waals surface area contributed by atoms with Crippen LogP contribution in [-0.2, 0) is 11.2 Å². The normalized spacial score (nSPS) is 22.7. The first kappa shape index (κ1) is 19.2. The van der Waals surface area contributed by atoms with Gasteiger partial charge in [-0.1, -0.05) is 27.7 Å². The number of methoxy groups -OCH3 is 1. The first-order valence-electron chi connectivity index (χ1n) is 8.52. The zero-order valence-corrected chi connectivity index (χ0v) is 16.8. The summed E-state index contributed by atoms with van der Waals surface area (Å²) < 4.78 is 4.87. The van der Waals surface area contributed by atoms with Crippen molar-refractivity contribution in [2.24, 2.45) is 11.3 Å². The van der Waals surface area contributed by atoms with E-state index >= 15 is 0 Å². The van der Waals surface area contributed by atoms with Gasteiger partial charge in [-0.2, -0.15) is 0 Å². The molecule has 2 unspecified atom stereocenters. The van der Waals surface area contributed by atoms with Crippen LogP contribution in [0.1, 0.15) is 62.2 Å². The van der Waals surface area contributed by atoms with Gasteiger partial charge in [0.15, 0.2) is 5.11 Å². The van der Waals surface area contributed by atoms with Crippen molar-refractivity contribution in [3.63, 3.8) is 0 Å². The zero-order valence-electron chi connectivity index (χ0n) is 15.2. The Balaban J connectivity index is 2.04. The number of ether oxygens (including phenoxy) is 1. The van der Waals surface area contributed by atoms with Crippen molar-refractivity contribution >= 4 is 39.6 Å². The lowest BCUT2D eigenvalue weighted by Gasteiger charge is -2.39. The van der Waals surface area contributed by atoms with Gasteiger partial charge in [0.1, 0.15) is 5.00 Å². The smallest absolute Gasteiger partial charge is 0.340 e. The van der Waals surface area contributed by atoms with Gasteiger partial charge in [-0.05, 0) is 55.3 Å². The molecule has 1 aliphatic carbocycles. The minimum Gasteiger partial charge on any atom is -0.465 e. The second-order valence-electron chi connectivity index (χ2n) is 7.51. The molecular formula is C18H28N2O2S2. The molecule has 1 heterocycles. The maximum atomic E-state index is 11.9. The van der Waals surface area contributed by atoms with E-state index in [9.17, 15) is 4.79 Å². The van der Waals surface area contributed by atoms with Crippen LogP contribution in [0.3, 0.4) is 0 Å². The van der Waals surface area contributed by atoms with E-state index in [1.54, 1.807) is 11.3 Å². The van der Waals surface area contributed by atoms with E-state index in [0.717, 1.165) is 29.1 Å². The predicted molar refractivity (Wildman–Crippen MR) is 105 cm³/mol. The van der Waals surface area contributed by atoms with Crippen LogP contribution < -0.4 is 10.6 Å². The van der Waals surface area contributed by atoms with E-state index < -0.39 is 0 Å². The Kier molecular flexibility index (Phi) is 6.26. The quantitative estimate of drug-likeness (QED) is 0.601. The van der Waals surface area contributed by atoms with E-state index in [-0.39, 0.29) is 5.97 Å². The molecule has 0 aromatic carbocycles. The number of anilines is 1. The molecule has 0 spiro atoms. The van der Waals surface area contributed by atoms with Crippen LogP contribution in [0.4, 0.5) is 5.00 Å². The number of nitrogens with one attached hydrogen (secondary N) is 2. The molecule has 134 valence electrons. The van der Waals surface area contributed by atoms with Gasteiger partial charge >= 0.3 is 5.97 Å². The summed E-state index contributed by atoms with van der Waals surface area (Å²) in [5, 5.41) is 7.99. The van der Waals surface area contributed by atoms with E-state index in [0.29, 0.717) is 28.1 Å². The SMILES string of the molecule is CCc1cc(C(=O)OC)c(NC(=S)NC2CC(C)CC(C)(C)C2)s1. The summed E-state index contributed by atoms with van der Waals surface area (Å²) in [4.78, 5) is 13.1. The predicted octanol–water partition coefficient (Wildman–Crippen LogP) is 4.60. The Hall–Kier alpha value is -1.14. The lowest BCUT2D eigenvalue weighted by Crippen LogP contribution is -2.44. The lowest BCUT2D eigenvalue weighted by atomic mass is 9.71. The van der Waals surface area contributed by atoms with Gasteiger partial charge in [0.2, 0.25) is 0 Å². The van der Waals surface area contributed by atoms with Gasteiger partial charge in [0.25, 0.3) is 0 Å². The Labute approximate surface area is 154 Å². The number of aryl methyl sites for hydroxylation is 1. The fraction of sp³-hybridized carbons (Fsp3) is 0.667. The van der Waals surface area contributed by atoms with Gasteiger partial charge in [-0.25, -0.2) is 4.79 Å². The molecule has 1 aromatic rings. The molecule has 2 rings (SSSR count). The second kappa shape index (κ2) is 7.83. The largest absolute Gasteiger partial charge is 0.465 e. The summed E-state index contributed by atoms with van der Waals surface area (Å²) >= 11 is 7.05. The minimum atomic E-state index is -0.330.